The average Bonchev–Trinajstić information content (AvgIpc) is 2.74. The first kappa shape index (κ1) is 9.71. The molecule has 6 nitrogen and oxygen atoms in total. The van der Waals surface area contributed by atoms with Gasteiger partial charge in [-0.25, -0.2) is 4.98 Å². The van der Waals surface area contributed by atoms with Crippen molar-refractivity contribution in [3.8, 4) is 11.5 Å². The van der Waals surface area contributed by atoms with Gasteiger partial charge in [0.05, 0.1) is 0 Å². The molecule has 3 aromatic heterocycles. The Hall–Kier alpha value is -2.50. The Balaban J connectivity index is 2.28. The zero-order chi connectivity index (χ0) is 11.8. The van der Waals surface area contributed by atoms with E-state index in [-0.39, 0.29) is 5.56 Å². The number of rotatable bonds is 1. The fraction of sp³-hybridized carbons (Fsp3) is 0.0909. The molecule has 0 bridgehead atoms. The van der Waals surface area contributed by atoms with E-state index in [2.05, 4.69) is 20.1 Å². The van der Waals surface area contributed by atoms with Crippen molar-refractivity contribution in [3.63, 3.8) is 0 Å². The molecule has 0 amide bonds. The standard InChI is InChI=1S/C11H9N5O/c1-7-6-9(17)16-11(13-7)14-10(15-16)8-4-2-3-5-12-8/h2-6H,1H3,(H,13,14,15). The second-order valence-electron chi connectivity index (χ2n) is 3.66. The zero-order valence-electron chi connectivity index (χ0n) is 9.08. The van der Waals surface area contributed by atoms with Crippen molar-refractivity contribution < 1.29 is 0 Å². The van der Waals surface area contributed by atoms with Crippen molar-refractivity contribution in [2.75, 3.05) is 0 Å². The van der Waals surface area contributed by atoms with Gasteiger partial charge in [0.25, 0.3) is 11.3 Å². The van der Waals surface area contributed by atoms with Crippen molar-refractivity contribution in [3.05, 3.63) is 46.5 Å². The van der Waals surface area contributed by atoms with Crippen molar-refractivity contribution in [2.24, 2.45) is 0 Å². The Morgan fingerprint density at radius 3 is 2.94 bits per heavy atom. The Morgan fingerprint density at radius 1 is 1.29 bits per heavy atom. The summed E-state index contributed by atoms with van der Waals surface area (Å²) in [6.45, 7) is 1.76. The predicted molar refractivity (Wildman–Crippen MR) is 61.6 cm³/mol. The lowest BCUT2D eigenvalue weighted by Crippen LogP contribution is -2.14. The summed E-state index contributed by atoms with van der Waals surface area (Å²) in [6, 6.07) is 6.95. The second kappa shape index (κ2) is 3.51. The van der Waals surface area contributed by atoms with Gasteiger partial charge in [-0.3, -0.25) is 14.9 Å². The molecule has 0 fully saturated rings. The fourth-order valence-corrected chi connectivity index (χ4v) is 1.61. The minimum atomic E-state index is -0.179. The summed E-state index contributed by atoms with van der Waals surface area (Å²) in [4.78, 5) is 24.2. The number of pyridine rings is 1. The molecule has 1 N–H and O–H groups in total. The maximum absolute atomic E-state index is 11.7. The van der Waals surface area contributed by atoms with Gasteiger partial charge in [0.1, 0.15) is 5.69 Å². The summed E-state index contributed by atoms with van der Waals surface area (Å²) in [5, 5.41) is 2.88. The van der Waals surface area contributed by atoms with Crippen LogP contribution in [0.25, 0.3) is 17.3 Å². The molecule has 0 aliphatic carbocycles. The van der Waals surface area contributed by atoms with Crippen LogP contribution in [0.15, 0.2) is 35.3 Å². The molecule has 84 valence electrons. The van der Waals surface area contributed by atoms with Crippen LogP contribution in [0.5, 0.6) is 0 Å². The molecule has 3 rings (SSSR count). The van der Waals surface area contributed by atoms with Crippen LogP contribution in [-0.4, -0.2) is 24.6 Å². The van der Waals surface area contributed by atoms with Crippen LogP contribution in [0.2, 0.25) is 0 Å². The molecule has 0 aliphatic heterocycles. The van der Waals surface area contributed by atoms with E-state index in [0.717, 1.165) is 0 Å². The Kier molecular flexibility index (Phi) is 2.01. The molecule has 0 saturated heterocycles. The van der Waals surface area contributed by atoms with Crippen LogP contribution in [0.1, 0.15) is 5.69 Å². The first-order chi connectivity index (χ1) is 8.24. The largest absolute Gasteiger partial charge is 0.274 e. The van der Waals surface area contributed by atoms with Gasteiger partial charge < -0.3 is 0 Å². The summed E-state index contributed by atoms with van der Waals surface area (Å²) in [6.07, 6.45) is 1.67. The highest BCUT2D eigenvalue weighted by molar-refractivity contribution is 5.51. The molecular formula is C11H9N5O. The fourth-order valence-electron chi connectivity index (χ4n) is 1.61. The van der Waals surface area contributed by atoms with Crippen LogP contribution < -0.4 is 5.56 Å². The van der Waals surface area contributed by atoms with Gasteiger partial charge >= 0.3 is 0 Å². The minimum Gasteiger partial charge on any atom is -0.270 e. The quantitative estimate of drug-likeness (QED) is 0.666. The molecule has 0 atom stereocenters. The molecule has 0 spiro atoms. The minimum absolute atomic E-state index is 0.179. The highest BCUT2D eigenvalue weighted by atomic mass is 16.1. The third-order valence-electron chi connectivity index (χ3n) is 2.37. The highest BCUT2D eigenvalue weighted by Gasteiger charge is 2.08. The van der Waals surface area contributed by atoms with Gasteiger partial charge in [0.2, 0.25) is 0 Å². The van der Waals surface area contributed by atoms with Crippen molar-refractivity contribution in [2.45, 2.75) is 6.92 Å². The molecule has 6 heteroatoms. The van der Waals surface area contributed by atoms with Gasteiger partial charge in [0, 0.05) is 18.0 Å². The second-order valence-corrected chi connectivity index (χ2v) is 3.66. The summed E-state index contributed by atoms with van der Waals surface area (Å²) >= 11 is 0. The van der Waals surface area contributed by atoms with Crippen LogP contribution in [-0.2, 0) is 0 Å². The summed E-state index contributed by atoms with van der Waals surface area (Å²) in [5.74, 6) is 0.886. The van der Waals surface area contributed by atoms with Gasteiger partial charge in [-0.1, -0.05) is 6.07 Å². The summed E-state index contributed by atoms with van der Waals surface area (Å²) in [7, 11) is 0. The van der Waals surface area contributed by atoms with Crippen LogP contribution in [0, 0.1) is 6.92 Å². The van der Waals surface area contributed by atoms with Crippen LogP contribution in [0.4, 0.5) is 0 Å². The van der Waals surface area contributed by atoms with Gasteiger partial charge in [-0.05, 0) is 19.1 Å². The molecule has 3 aromatic rings. The lowest BCUT2D eigenvalue weighted by atomic mass is 10.3. The zero-order valence-corrected chi connectivity index (χ0v) is 9.08. The Morgan fingerprint density at radius 2 is 2.18 bits per heavy atom. The number of aromatic nitrogens is 5. The summed E-state index contributed by atoms with van der Waals surface area (Å²) in [5.41, 5.74) is 1.14. The molecular weight excluding hydrogens is 218 g/mol. The van der Waals surface area contributed by atoms with Gasteiger partial charge in [0.15, 0.2) is 5.82 Å². The first-order valence-electron chi connectivity index (χ1n) is 5.12. The maximum Gasteiger partial charge on any atom is 0.274 e. The van der Waals surface area contributed by atoms with E-state index in [1.807, 2.05) is 18.2 Å². The molecule has 17 heavy (non-hydrogen) atoms. The number of fused-ring (bicyclic) bond motifs is 1. The molecule has 0 saturated carbocycles. The smallest absolute Gasteiger partial charge is 0.270 e. The number of hydrogen-bond donors (Lipinski definition) is 1. The Labute approximate surface area is 96.0 Å². The third-order valence-corrected chi connectivity index (χ3v) is 2.37. The summed E-state index contributed by atoms with van der Waals surface area (Å²) < 4.78 is 1.30. The van der Waals surface area contributed by atoms with Crippen LogP contribution >= 0.6 is 0 Å². The Bertz CT molecular complexity index is 728. The van der Waals surface area contributed by atoms with Gasteiger partial charge in [-0.15, -0.1) is 0 Å². The third kappa shape index (κ3) is 1.59. The molecule has 3 heterocycles. The SMILES string of the molecule is Cc1cc(=O)n2[nH]c(-c3ccccn3)nc2n1. The molecule has 0 radical (unpaired) electrons. The van der Waals surface area contributed by atoms with Crippen LogP contribution in [0.3, 0.4) is 0 Å². The van der Waals surface area contributed by atoms with E-state index in [1.165, 1.54) is 10.6 Å². The number of aryl methyl sites for hydroxylation is 1. The normalized spacial score (nSPS) is 10.9. The van der Waals surface area contributed by atoms with E-state index < -0.39 is 0 Å². The monoisotopic (exact) mass is 227 g/mol. The van der Waals surface area contributed by atoms with E-state index >= 15 is 0 Å². The first-order valence-corrected chi connectivity index (χ1v) is 5.12. The van der Waals surface area contributed by atoms with E-state index in [4.69, 9.17) is 0 Å². The highest BCUT2D eigenvalue weighted by Crippen LogP contribution is 2.10. The van der Waals surface area contributed by atoms with Crippen molar-refractivity contribution in [1.82, 2.24) is 24.6 Å². The number of nitrogens with one attached hydrogen (secondary N) is 1. The molecule has 0 aromatic carbocycles. The number of hydrogen-bond acceptors (Lipinski definition) is 4. The van der Waals surface area contributed by atoms with E-state index in [9.17, 15) is 4.79 Å². The maximum atomic E-state index is 11.7. The number of nitrogens with zero attached hydrogens (tertiary/aromatic N) is 4. The van der Waals surface area contributed by atoms with Crippen molar-refractivity contribution in [1.29, 1.82) is 0 Å². The topological polar surface area (TPSA) is 75.9 Å². The number of H-pyrrole nitrogens is 1. The van der Waals surface area contributed by atoms with Crippen molar-refractivity contribution >= 4 is 5.78 Å². The van der Waals surface area contributed by atoms with E-state index in [1.54, 1.807) is 13.1 Å². The predicted octanol–water partition coefficient (Wildman–Crippen LogP) is 0.788. The lowest BCUT2D eigenvalue weighted by molar-refractivity contribution is 0.890. The number of aromatic amines is 1. The molecule has 0 unspecified atom stereocenters. The lowest BCUT2D eigenvalue weighted by Gasteiger charge is -1.92. The van der Waals surface area contributed by atoms with E-state index in [0.29, 0.717) is 23.0 Å². The molecule has 0 aliphatic rings. The van der Waals surface area contributed by atoms with Gasteiger partial charge in [-0.2, -0.15) is 9.50 Å². The average molecular weight is 227 g/mol.